The Morgan fingerprint density at radius 1 is 0.852 bits per heavy atom. The van der Waals surface area contributed by atoms with Gasteiger partial charge in [-0.05, 0) is 42.0 Å². The first-order chi connectivity index (χ1) is 13.3. The fourth-order valence-corrected chi connectivity index (χ4v) is 3.41. The fourth-order valence-electron chi connectivity index (χ4n) is 3.41. The van der Waals surface area contributed by atoms with Crippen LogP contribution in [0.25, 0.3) is 21.7 Å². The number of aryl methyl sites for hydroxylation is 1. The number of aliphatic imine (C=N–C) groups is 1. The minimum Gasteiger partial charge on any atom is -0.505 e. The van der Waals surface area contributed by atoms with Crippen LogP contribution in [-0.4, -0.2) is 16.3 Å². The smallest absolute Gasteiger partial charge is 0.175 e. The number of benzene rings is 3. The molecule has 0 spiro atoms. The molecule has 2 heterocycles. The number of pyridine rings is 1. The first kappa shape index (κ1) is 15.6. The van der Waals surface area contributed by atoms with Gasteiger partial charge in [0.2, 0.25) is 0 Å². The zero-order chi connectivity index (χ0) is 18.2. The first-order valence-electron chi connectivity index (χ1n) is 8.87. The lowest BCUT2D eigenvalue weighted by Crippen LogP contribution is -1.95. The van der Waals surface area contributed by atoms with E-state index >= 15 is 0 Å². The predicted octanol–water partition coefficient (Wildman–Crippen LogP) is 6.16. The highest BCUT2D eigenvalue weighted by Crippen LogP contribution is 2.36. The zero-order valence-electron chi connectivity index (χ0n) is 14.5. The van der Waals surface area contributed by atoms with E-state index in [1.807, 2.05) is 48.7 Å². The van der Waals surface area contributed by atoms with Crippen LogP contribution in [0.5, 0.6) is 5.75 Å². The quantitative estimate of drug-likeness (QED) is 0.439. The Labute approximate surface area is 155 Å². The number of rotatable bonds is 2. The van der Waals surface area contributed by atoms with Gasteiger partial charge in [-0.15, -0.1) is 10.2 Å². The van der Waals surface area contributed by atoms with Gasteiger partial charge >= 0.3 is 0 Å². The molecule has 1 aromatic heterocycles. The van der Waals surface area contributed by atoms with Crippen molar-refractivity contribution in [3.05, 3.63) is 66.2 Å². The Hall–Kier alpha value is -3.60. The van der Waals surface area contributed by atoms with Crippen LogP contribution >= 0.6 is 0 Å². The van der Waals surface area contributed by atoms with Crippen molar-refractivity contribution in [1.29, 1.82) is 0 Å². The van der Waals surface area contributed by atoms with Crippen molar-refractivity contribution < 1.29 is 5.11 Å². The molecule has 27 heavy (non-hydrogen) atoms. The molecule has 0 unspecified atom stereocenters. The van der Waals surface area contributed by atoms with Crippen LogP contribution in [0.2, 0.25) is 0 Å². The van der Waals surface area contributed by atoms with E-state index in [1.54, 1.807) is 6.07 Å². The lowest BCUT2D eigenvalue weighted by molar-refractivity contribution is 0.482. The summed E-state index contributed by atoms with van der Waals surface area (Å²) in [6.07, 6.45) is 3.87. The molecule has 0 atom stereocenters. The van der Waals surface area contributed by atoms with Crippen molar-refractivity contribution in [2.45, 2.75) is 12.8 Å². The van der Waals surface area contributed by atoms with Gasteiger partial charge in [0.1, 0.15) is 5.69 Å². The molecule has 0 aliphatic carbocycles. The molecule has 1 aliphatic rings. The maximum Gasteiger partial charge on any atom is 0.175 e. The standard InChI is InChI=1S/C22H16N4O/c27-22-17-6-2-1-4-14(17)9-11-18(22)25-26-19-12-10-16-8-7-15-5-3-13-23-20(15)21(16)24-19/h1-2,4,6-13,27H,3,5H2. The van der Waals surface area contributed by atoms with E-state index < -0.39 is 0 Å². The van der Waals surface area contributed by atoms with Crippen molar-refractivity contribution in [3.63, 3.8) is 0 Å². The molecule has 0 amide bonds. The molecule has 3 aromatic carbocycles. The Morgan fingerprint density at radius 2 is 1.70 bits per heavy atom. The topological polar surface area (TPSA) is 70.2 Å². The number of aromatic nitrogens is 1. The molecule has 1 N–H and O–H groups in total. The fraction of sp³-hybridized carbons (Fsp3) is 0.0909. The maximum absolute atomic E-state index is 10.5. The predicted molar refractivity (Wildman–Crippen MR) is 108 cm³/mol. The normalized spacial score (nSPS) is 13.5. The van der Waals surface area contributed by atoms with E-state index in [-0.39, 0.29) is 5.75 Å². The van der Waals surface area contributed by atoms with Gasteiger partial charge in [0.15, 0.2) is 11.6 Å². The summed E-state index contributed by atoms with van der Waals surface area (Å²) in [7, 11) is 0. The van der Waals surface area contributed by atoms with E-state index in [0.717, 1.165) is 40.2 Å². The van der Waals surface area contributed by atoms with E-state index in [0.29, 0.717) is 11.5 Å². The van der Waals surface area contributed by atoms with Crippen LogP contribution in [0.1, 0.15) is 12.0 Å². The van der Waals surface area contributed by atoms with Crippen molar-refractivity contribution in [1.82, 2.24) is 4.98 Å². The highest BCUT2D eigenvalue weighted by molar-refractivity contribution is 5.94. The van der Waals surface area contributed by atoms with Gasteiger partial charge < -0.3 is 5.11 Å². The molecule has 0 saturated heterocycles. The zero-order valence-corrected chi connectivity index (χ0v) is 14.5. The van der Waals surface area contributed by atoms with Crippen LogP contribution < -0.4 is 0 Å². The molecular formula is C22H16N4O. The lowest BCUT2D eigenvalue weighted by Gasteiger charge is -2.11. The Balaban J connectivity index is 1.57. The second kappa shape index (κ2) is 6.29. The molecule has 0 saturated carbocycles. The molecule has 5 heteroatoms. The van der Waals surface area contributed by atoms with Gasteiger partial charge in [0.25, 0.3) is 0 Å². The lowest BCUT2D eigenvalue weighted by atomic mass is 10.0. The van der Waals surface area contributed by atoms with Gasteiger partial charge in [-0.1, -0.05) is 42.5 Å². The van der Waals surface area contributed by atoms with Crippen LogP contribution in [-0.2, 0) is 6.42 Å². The van der Waals surface area contributed by atoms with Crippen LogP contribution in [0.15, 0.2) is 75.9 Å². The highest BCUT2D eigenvalue weighted by Gasteiger charge is 2.11. The summed E-state index contributed by atoms with van der Waals surface area (Å²) in [6, 6.07) is 19.3. The third-order valence-corrected chi connectivity index (χ3v) is 4.81. The van der Waals surface area contributed by atoms with E-state index in [2.05, 4.69) is 32.3 Å². The van der Waals surface area contributed by atoms with Gasteiger partial charge in [-0.2, -0.15) is 0 Å². The number of hydrogen-bond donors (Lipinski definition) is 1. The van der Waals surface area contributed by atoms with Gasteiger partial charge in [-0.3, -0.25) is 4.99 Å². The molecule has 0 radical (unpaired) electrons. The Morgan fingerprint density at radius 3 is 2.67 bits per heavy atom. The summed E-state index contributed by atoms with van der Waals surface area (Å²) < 4.78 is 0. The monoisotopic (exact) mass is 352 g/mol. The number of phenolic OH excluding ortho intramolecular Hbond substituents is 1. The number of fused-ring (bicyclic) bond motifs is 4. The third-order valence-electron chi connectivity index (χ3n) is 4.81. The summed E-state index contributed by atoms with van der Waals surface area (Å²) >= 11 is 0. The van der Waals surface area contributed by atoms with Crippen molar-refractivity contribution in [2.75, 3.05) is 0 Å². The van der Waals surface area contributed by atoms with Crippen molar-refractivity contribution >= 4 is 45.1 Å². The molecule has 5 rings (SSSR count). The number of aromatic hydroxyl groups is 1. The van der Waals surface area contributed by atoms with Crippen molar-refractivity contribution in [3.8, 4) is 5.75 Å². The third kappa shape index (κ3) is 2.73. The average molecular weight is 352 g/mol. The van der Waals surface area contributed by atoms with Crippen LogP contribution in [0, 0.1) is 0 Å². The summed E-state index contributed by atoms with van der Waals surface area (Å²) in [5.41, 5.74) is 3.38. The van der Waals surface area contributed by atoms with E-state index in [9.17, 15) is 5.11 Å². The number of azo groups is 1. The number of nitrogens with zero attached hydrogens (tertiary/aromatic N) is 4. The van der Waals surface area contributed by atoms with Gasteiger partial charge in [0, 0.05) is 17.0 Å². The van der Waals surface area contributed by atoms with Crippen molar-refractivity contribution in [2.24, 2.45) is 15.2 Å². The summed E-state index contributed by atoms with van der Waals surface area (Å²) in [6.45, 7) is 0. The Bertz CT molecular complexity index is 1240. The second-order valence-corrected chi connectivity index (χ2v) is 6.52. The summed E-state index contributed by atoms with van der Waals surface area (Å²) in [5, 5.41) is 21.7. The molecule has 5 nitrogen and oxygen atoms in total. The van der Waals surface area contributed by atoms with E-state index in [1.165, 1.54) is 5.56 Å². The molecule has 0 fully saturated rings. The number of phenols is 1. The van der Waals surface area contributed by atoms with Crippen LogP contribution in [0.3, 0.4) is 0 Å². The van der Waals surface area contributed by atoms with E-state index in [4.69, 9.17) is 0 Å². The van der Waals surface area contributed by atoms with Gasteiger partial charge in [-0.25, -0.2) is 4.98 Å². The maximum atomic E-state index is 10.5. The molecule has 130 valence electrons. The molecular weight excluding hydrogens is 336 g/mol. The van der Waals surface area contributed by atoms with Gasteiger partial charge in [0.05, 0.1) is 11.2 Å². The Kier molecular flexibility index (Phi) is 3.64. The van der Waals surface area contributed by atoms with Crippen LogP contribution in [0.4, 0.5) is 17.2 Å². The summed E-state index contributed by atoms with van der Waals surface area (Å²) in [4.78, 5) is 9.17. The molecule has 1 aliphatic heterocycles. The minimum absolute atomic E-state index is 0.125. The first-order valence-corrected chi connectivity index (χ1v) is 8.87. The molecule has 0 bridgehead atoms. The minimum atomic E-state index is 0.125. The second-order valence-electron chi connectivity index (χ2n) is 6.52. The number of hydrogen-bond acceptors (Lipinski definition) is 5. The SMILES string of the molecule is Oc1c(N=Nc2ccc3ccc4c(c3n2)N=CCC4)ccc2ccccc12. The highest BCUT2D eigenvalue weighted by atomic mass is 16.3. The summed E-state index contributed by atoms with van der Waals surface area (Å²) in [5.74, 6) is 0.615. The average Bonchev–Trinajstić information content (AvgIpc) is 2.73. The largest absolute Gasteiger partial charge is 0.505 e. The molecule has 4 aromatic rings.